The predicted octanol–water partition coefficient (Wildman–Crippen LogP) is 2.94. The van der Waals surface area contributed by atoms with E-state index < -0.39 is 13.1 Å². The summed E-state index contributed by atoms with van der Waals surface area (Å²) in [4.78, 5) is 0. The maximum Gasteiger partial charge on any atom is 0.768 e. The Morgan fingerprint density at radius 1 is 1.00 bits per heavy atom. The molecule has 146 valence electrons. The van der Waals surface area contributed by atoms with Gasteiger partial charge in [-0.1, -0.05) is 60.7 Å². The first-order valence-corrected chi connectivity index (χ1v) is 9.63. The summed E-state index contributed by atoms with van der Waals surface area (Å²) >= 11 is 0. The van der Waals surface area contributed by atoms with E-state index in [9.17, 15) is 8.63 Å². The number of methoxy groups -OCH3 is 1. The Kier molecular flexibility index (Phi) is 4.07. The van der Waals surface area contributed by atoms with E-state index in [1.54, 1.807) is 13.3 Å². The maximum atomic E-state index is 14.6. The van der Waals surface area contributed by atoms with E-state index in [-0.39, 0.29) is 5.92 Å². The summed E-state index contributed by atoms with van der Waals surface area (Å²) in [5.74, 6) is 0.350. The van der Waals surface area contributed by atoms with Crippen molar-refractivity contribution in [3.63, 3.8) is 0 Å². The molecule has 0 saturated heterocycles. The van der Waals surface area contributed by atoms with Gasteiger partial charge in [0, 0.05) is 5.56 Å². The van der Waals surface area contributed by atoms with Gasteiger partial charge in [0.1, 0.15) is 12.0 Å². The number of fused-ring (bicyclic) bond motifs is 3. The Morgan fingerprint density at radius 2 is 1.76 bits per heavy atom. The van der Waals surface area contributed by atoms with E-state index in [0.717, 1.165) is 36.8 Å². The van der Waals surface area contributed by atoms with E-state index in [2.05, 4.69) is 0 Å². The second-order valence-electron chi connectivity index (χ2n) is 7.54. The molecule has 1 heterocycles. The molecule has 6 heteroatoms. The van der Waals surface area contributed by atoms with E-state index >= 15 is 0 Å². The molecule has 0 spiro atoms. The van der Waals surface area contributed by atoms with Crippen molar-refractivity contribution in [1.29, 1.82) is 0 Å². The van der Waals surface area contributed by atoms with Crippen molar-refractivity contribution in [3.05, 3.63) is 76.7 Å². The van der Waals surface area contributed by atoms with Crippen LogP contribution in [0.5, 0.6) is 5.75 Å². The fraction of sp³-hybridized carbons (Fsp3) is 0.174. The largest absolute Gasteiger partial charge is 0.768 e. The highest BCUT2D eigenvalue weighted by Gasteiger charge is 2.50. The lowest BCUT2D eigenvalue weighted by atomic mass is 9.80. The van der Waals surface area contributed by atoms with Crippen LogP contribution in [0.25, 0.3) is 22.4 Å². The van der Waals surface area contributed by atoms with Crippen molar-refractivity contribution in [2.45, 2.75) is 6.10 Å². The normalized spacial score (nSPS) is 22.3. The minimum Gasteiger partial charge on any atom is -0.496 e. The van der Waals surface area contributed by atoms with Crippen LogP contribution in [0.15, 0.2) is 60.7 Å². The molecule has 3 nitrogen and oxygen atoms in total. The second-order valence-corrected chi connectivity index (χ2v) is 7.54. The van der Waals surface area contributed by atoms with Crippen LogP contribution in [0, 0.1) is 5.92 Å². The number of hydrogen-bond donors (Lipinski definition) is 0. The van der Waals surface area contributed by atoms with Crippen LogP contribution in [-0.2, 0) is 4.65 Å². The Hall–Kier alpha value is -2.99. The van der Waals surface area contributed by atoms with Crippen molar-refractivity contribution in [2.75, 3.05) is 14.2 Å². The third-order valence-electron chi connectivity index (χ3n) is 5.83. The third-order valence-corrected chi connectivity index (χ3v) is 5.83. The molecule has 0 amide bonds. The first-order chi connectivity index (χ1) is 14.0. The van der Waals surface area contributed by atoms with Gasteiger partial charge in [-0.05, 0) is 32.8 Å². The summed E-state index contributed by atoms with van der Waals surface area (Å²) in [6.45, 7) is 0. The van der Waals surface area contributed by atoms with E-state index in [1.165, 1.54) is 7.05 Å². The molecule has 3 aromatic rings. The summed E-state index contributed by atoms with van der Waals surface area (Å²) in [7, 11) is -1.14. The molecule has 0 radical (unpaired) electrons. The molecule has 0 N–H and O–H groups in total. The van der Waals surface area contributed by atoms with Gasteiger partial charge in [-0.3, -0.25) is 0 Å². The molecule has 5 rings (SSSR count). The molecule has 0 fully saturated rings. The second kappa shape index (κ2) is 6.53. The summed E-state index contributed by atoms with van der Waals surface area (Å²) in [6, 6.07) is 19.7. The fourth-order valence-corrected chi connectivity index (χ4v) is 4.43. The smallest absolute Gasteiger partial charge is 0.496 e. The monoisotopic (exact) mass is 391 g/mol. The van der Waals surface area contributed by atoms with Crippen molar-refractivity contribution < 1.29 is 22.5 Å². The van der Waals surface area contributed by atoms with Gasteiger partial charge in [0.2, 0.25) is 0 Å². The number of nitrogens with zero attached hydrogens (tertiary/aromatic N) is 1. The maximum absolute atomic E-state index is 14.6. The Balaban J connectivity index is 1.91. The number of halogens is 2. The minimum atomic E-state index is -4.11. The quantitative estimate of drug-likeness (QED) is 0.627. The van der Waals surface area contributed by atoms with Crippen LogP contribution in [-0.4, -0.2) is 38.0 Å². The Bertz CT molecular complexity index is 1290. The molecule has 0 saturated carbocycles. The molecule has 0 bridgehead atoms. The average Bonchev–Trinajstić information content (AvgIpc) is 2.72. The zero-order valence-corrected chi connectivity index (χ0v) is 16.2. The highest BCUT2D eigenvalue weighted by molar-refractivity contribution is 6.51. The SMILES string of the molecule is COc1ccc2ccccc2c1C1=c2ccccc2=CC2C=[N+](C)[B-](F)(F)OC12. The molecule has 0 aromatic heterocycles. The Morgan fingerprint density at radius 3 is 2.59 bits per heavy atom. The van der Waals surface area contributed by atoms with E-state index in [1.807, 2.05) is 66.7 Å². The summed E-state index contributed by atoms with van der Waals surface area (Å²) in [5, 5.41) is 3.88. The standard InChI is InChI=1S/C23H20BF2NO2/c1-27-14-17-13-16-8-4-6-10-19(16)22(23(17)29-24(27,25)26)21-18-9-5-3-7-15(18)11-12-20(21)28-2/h3-14,17,23H,1-2H3. The predicted molar refractivity (Wildman–Crippen MR) is 112 cm³/mol. The van der Waals surface area contributed by atoms with Crippen LogP contribution in [0.1, 0.15) is 5.56 Å². The zero-order chi connectivity index (χ0) is 20.2. The molecule has 3 aromatic carbocycles. The lowest BCUT2D eigenvalue weighted by Crippen LogP contribution is -2.55. The molecule has 1 aliphatic carbocycles. The molecule has 1 aliphatic heterocycles. The van der Waals surface area contributed by atoms with Gasteiger partial charge in [0.15, 0.2) is 0 Å². The van der Waals surface area contributed by atoms with Crippen molar-refractivity contribution in [3.8, 4) is 5.75 Å². The highest BCUT2D eigenvalue weighted by Crippen LogP contribution is 2.39. The van der Waals surface area contributed by atoms with Gasteiger partial charge < -0.3 is 22.5 Å². The summed E-state index contributed by atoms with van der Waals surface area (Å²) < 4.78 is 41.3. The van der Waals surface area contributed by atoms with Gasteiger partial charge >= 0.3 is 7.04 Å². The van der Waals surface area contributed by atoms with Crippen LogP contribution in [0.4, 0.5) is 8.63 Å². The van der Waals surface area contributed by atoms with Crippen LogP contribution >= 0.6 is 0 Å². The first-order valence-electron chi connectivity index (χ1n) is 9.63. The van der Waals surface area contributed by atoms with E-state index in [4.69, 9.17) is 9.39 Å². The van der Waals surface area contributed by atoms with Crippen molar-refractivity contribution in [1.82, 2.24) is 0 Å². The Labute approximate surface area is 167 Å². The third kappa shape index (κ3) is 2.78. The van der Waals surface area contributed by atoms with Crippen LogP contribution < -0.4 is 15.2 Å². The van der Waals surface area contributed by atoms with E-state index in [0.29, 0.717) is 5.75 Å². The molecular weight excluding hydrogens is 371 g/mol. The molecule has 2 unspecified atom stereocenters. The number of ether oxygens (including phenoxy) is 1. The van der Waals surface area contributed by atoms with Crippen LogP contribution in [0.2, 0.25) is 0 Å². The topological polar surface area (TPSA) is 21.5 Å². The van der Waals surface area contributed by atoms with Gasteiger partial charge in [-0.25, -0.2) is 0 Å². The number of rotatable bonds is 2. The van der Waals surface area contributed by atoms with Gasteiger partial charge in [-0.2, -0.15) is 0 Å². The zero-order valence-electron chi connectivity index (χ0n) is 16.2. The van der Waals surface area contributed by atoms with Gasteiger partial charge in [-0.15, -0.1) is 0 Å². The van der Waals surface area contributed by atoms with Crippen LogP contribution in [0.3, 0.4) is 0 Å². The summed E-state index contributed by atoms with van der Waals surface area (Å²) in [5.41, 5.74) is 1.55. The number of hydrogen-bond acceptors (Lipinski definition) is 2. The lowest BCUT2D eigenvalue weighted by molar-refractivity contribution is -0.417. The number of benzene rings is 3. The molecule has 29 heavy (non-hydrogen) atoms. The molecular formula is C23H20BF2NO2. The molecule has 2 aliphatic rings. The van der Waals surface area contributed by atoms with Crippen molar-refractivity contribution >= 4 is 35.7 Å². The summed E-state index contributed by atoms with van der Waals surface area (Å²) in [6.07, 6.45) is 2.78. The minimum absolute atomic E-state index is 0.296. The first kappa shape index (κ1) is 18.1. The van der Waals surface area contributed by atoms with Gasteiger partial charge in [0.05, 0.1) is 26.2 Å². The average molecular weight is 391 g/mol. The lowest BCUT2D eigenvalue weighted by Gasteiger charge is -2.38. The fourth-order valence-electron chi connectivity index (χ4n) is 4.43. The highest BCUT2D eigenvalue weighted by atomic mass is 19.3. The van der Waals surface area contributed by atoms with Crippen molar-refractivity contribution in [2.24, 2.45) is 5.92 Å². The molecule has 2 atom stereocenters. The van der Waals surface area contributed by atoms with Gasteiger partial charge in [0.25, 0.3) is 0 Å².